The first-order valence-electron chi connectivity index (χ1n) is 4.29. The average molecular weight is 161 g/mol. The highest BCUT2D eigenvalue weighted by atomic mass is 19.2. The lowest BCUT2D eigenvalue weighted by Gasteiger charge is -2.33. The summed E-state index contributed by atoms with van der Waals surface area (Å²) in [4.78, 5) is 0. The van der Waals surface area contributed by atoms with E-state index in [0.29, 0.717) is 13.2 Å². The molecular weight excluding hydrogens is 145 g/mol. The van der Waals surface area contributed by atoms with E-state index in [-0.39, 0.29) is 12.1 Å². The molecule has 11 heavy (non-hydrogen) atoms. The van der Waals surface area contributed by atoms with Crippen LogP contribution in [0.3, 0.4) is 0 Å². The van der Waals surface area contributed by atoms with E-state index in [2.05, 4.69) is 6.92 Å². The SMILES string of the molecule is CCCC1C(C)OCCN1F. The summed E-state index contributed by atoms with van der Waals surface area (Å²) in [5.74, 6) is 0. The monoisotopic (exact) mass is 161 g/mol. The molecule has 3 heteroatoms. The number of morpholine rings is 1. The van der Waals surface area contributed by atoms with Crippen molar-refractivity contribution >= 4 is 0 Å². The molecule has 0 aromatic heterocycles. The largest absolute Gasteiger partial charge is 0.375 e. The Labute approximate surface area is 67.3 Å². The molecule has 0 aromatic carbocycles. The summed E-state index contributed by atoms with van der Waals surface area (Å²) in [5, 5.41) is 0.914. The first-order chi connectivity index (χ1) is 5.25. The minimum absolute atomic E-state index is 0.0197. The van der Waals surface area contributed by atoms with Gasteiger partial charge in [-0.15, -0.1) is 9.60 Å². The maximum atomic E-state index is 13.0. The smallest absolute Gasteiger partial charge is 0.0728 e. The summed E-state index contributed by atoms with van der Waals surface area (Å²) >= 11 is 0. The van der Waals surface area contributed by atoms with Crippen LogP contribution < -0.4 is 0 Å². The van der Waals surface area contributed by atoms with Crippen LogP contribution in [-0.2, 0) is 4.74 Å². The molecule has 0 aromatic rings. The van der Waals surface area contributed by atoms with Gasteiger partial charge in [0, 0.05) is 0 Å². The van der Waals surface area contributed by atoms with Gasteiger partial charge in [-0.2, -0.15) is 0 Å². The van der Waals surface area contributed by atoms with Gasteiger partial charge in [-0.05, 0) is 13.3 Å². The van der Waals surface area contributed by atoms with E-state index in [1.54, 1.807) is 0 Å². The van der Waals surface area contributed by atoms with Crippen molar-refractivity contribution in [3.8, 4) is 0 Å². The molecule has 2 atom stereocenters. The van der Waals surface area contributed by atoms with E-state index in [0.717, 1.165) is 18.0 Å². The van der Waals surface area contributed by atoms with Gasteiger partial charge in [-0.25, -0.2) is 0 Å². The highest BCUT2D eigenvalue weighted by Crippen LogP contribution is 2.18. The summed E-state index contributed by atoms with van der Waals surface area (Å²) in [6, 6.07) is -0.0197. The number of hydrogen-bond acceptors (Lipinski definition) is 2. The minimum atomic E-state index is -0.0197. The molecule has 1 aliphatic rings. The molecule has 2 unspecified atom stereocenters. The third-order valence-electron chi connectivity index (χ3n) is 2.17. The molecule has 1 heterocycles. The Balaban J connectivity index is 2.41. The van der Waals surface area contributed by atoms with Gasteiger partial charge >= 0.3 is 0 Å². The second kappa shape index (κ2) is 4.02. The Morgan fingerprint density at radius 3 is 2.91 bits per heavy atom. The van der Waals surface area contributed by atoms with Gasteiger partial charge in [0.15, 0.2) is 0 Å². The topological polar surface area (TPSA) is 12.5 Å². The molecule has 66 valence electrons. The van der Waals surface area contributed by atoms with E-state index in [4.69, 9.17) is 4.74 Å². The van der Waals surface area contributed by atoms with Crippen molar-refractivity contribution in [1.29, 1.82) is 0 Å². The van der Waals surface area contributed by atoms with Gasteiger partial charge < -0.3 is 4.74 Å². The first kappa shape index (κ1) is 8.94. The number of hydrogen-bond donors (Lipinski definition) is 0. The molecule has 0 bridgehead atoms. The van der Waals surface area contributed by atoms with Gasteiger partial charge in [0.05, 0.1) is 25.3 Å². The maximum absolute atomic E-state index is 13.0. The van der Waals surface area contributed by atoms with E-state index >= 15 is 0 Å². The fraction of sp³-hybridized carbons (Fsp3) is 1.00. The molecule has 0 amide bonds. The Morgan fingerprint density at radius 1 is 1.64 bits per heavy atom. The normalized spacial score (nSPS) is 34.1. The van der Waals surface area contributed by atoms with Crippen molar-refractivity contribution in [2.75, 3.05) is 13.2 Å². The molecule has 2 nitrogen and oxygen atoms in total. The molecule has 0 spiro atoms. The quantitative estimate of drug-likeness (QED) is 0.572. The van der Waals surface area contributed by atoms with Crippen LogP contribution in [0.15, 0.2) is 0 Å². The molecule has 0 N–H and O–H groups in total. The molecule has 1 aliphatic heterocycles. The predicted molar refractivity (Wildman–Crippen MR) is 41.9 cm³/mol. The van der Waals surface area contributed by atoms with Gasteiger partial charge in [-0.1, -0.05) is 13.3 Å². The lowest BCUT2D eigenvalue weighted by molar-refractivity contribution is -0.146. The third kappa shape index (κ3) is 2.14. The second-order valence-corrected chi connectivity index (χ2v) is 3.06. The van der Waals surface area contributed by atoms with Crippen molar-refractivity contribution in [2.24, 2.45) is 0 Å². The zero-order valence-electron chi connectivity index (χ0n) is 7.22. The summed E-state index contributed by atoms with van der Waals surface area (Å²) in [6.45, 7) is 4.95. The molecule has 0 radical (unpaired) electrons. The Hall–Kier alpha value is -0.150. The van der Waals surface area contributed by atoms with Crippen LogP contribution in [0.4, 0.5) is 4.48 Å². The predicted octanol–water partition coefficient (Wildman–Crippen LogP) is 1.76. The van der Waals surface area contributed by atoms with Crippen molar-refractivity contribution in [1.82, 2.24) is 5.12 Å². The highest BCUT2D eigenvalue weighted by molar-refractivity contribution is 4.75. The number of rotatable bonds is 2. The summed E-state index contributed by atoms with van der Waals surface area (Å²) in [7, 11) is 0. The summed E-state index contributed by atoms with van der Waals surface area (Å²) in [6.07, 6.45) is 1.95. The van der Waals surface area contributed by atoms with E-state index in [1.165, 1.54) is 0 Å². The zero-order chi connectivity index (χ0) is 8.27. The zero-order valence-corrected chi connectivity index (χ0v) is 7.22. The van der Waals surface area contributed by atoms with Crippen LogP contribution in [-0.4, -0.2) is 30.4 Å². The van der Waals surface area contributed by atoms with E-state index < -0.39 is 0 Å². The molecule has 1 rings (SSSR count). The standard InChI is InChI=1S/C8H16FNO/c1-3-4-8-7(2)11-6-5-10(8)9/h7-8H,3-6H2,1-2H3. The number of ether oxygens (including phenoxy) is 1. The molecular formula is C8H16FNO. The van der Waals surface area contributed by atoms with Crippen LogP contribution >= 0.6 is 0 Å². The van der Waals surface area contributed by atoms with Gasteiger partial charge in [0.25, 0.3) is 0 Å². The summed E-state index contributed by atoms with van der Waals surface area (Å²) in [5.41, 5.74) is 0. The lowest BCUT2D eigenvalue weighted by atomic mass is 10.1. The molecule has 0 aliphatic carbocycles. The fourth-order valence-electron chi connectivity index (χ4n) is 1.50. The van der Waals surface area contributed by atoms with Gasteiger partial charge in [-0.3, -0.25) is 0 Å². The van der Waals surface area contributed by atoms with Crippen molar-refractivity contribution < 1.29 is 9.22 Å². The molecule has 0 saturated carbocycles. The van der Waals surface area contributed by atoms with Crippen LogP contribution in [0, 0.1) is 0 Å². The Kier molecular flexibility index (Phi) is 3.27. The fourth-order valence-corrected chi connectivity index (χ4v) is 1.50. The van der Waals surface area contributed by atoms with Crippen molar-refractivity contribution in [2.45, 2.75) is 38.8 Å². The number of nitrogens with zero attached hydrogens (tertiary/aromatic N) is 1. The van der Waals surface area contributed by atoms with Crippen LogP contribution in [0.25, 0.3) is 0 Å². The van der Waals surface area contributed by atoms with E-state index in [1.807, 2.05) is 6.92 Å². The third-order valence-corrected chi connectivity index (χ3v) is 2.17. The average Bonchev–Trinajstić information content (AvgIpc) is 1.97. The maximum Gasteiger partial charge on any atom is 0.0728 e. The Bertz CT molecular complexity index is 111. The second-order valence-electron chi connectivity index (χ2n) is 3.06. The van der Waals surface area contributed by atoms with E-state index in [9.17, 15) is 4.48 Å². The first-order valence-corrected chi connectivity index (χ1v) is 4.29. The highest BCUT2D eigenvalue weighted by Gasteiger charge is 2.28. The molecule has 1 fully saturated rings. The van der Waals surface area contributed by atoms with Crippen LogP contribution in [0.5, 0.6) is 0 Å². The van der Waals surface area contributed by atoms with Crippen LogP contribution in [0.1, 0.15) is 26.7 Å². The molecule has 1 saturated heterocycles. The summed E-state index contributed by atoms with van der Waals surface area (Å²) < 4.78 is 18.4. The van der Waals surface area contributed by atoms with Crippen LogP contribution in [0.2, 0.25) is 0 Å². The Morgan fingerprint density at radius 2 is 2.36 bits per heavy atom. The van der Waals surface area contributed by atoms with Crippen molar-refractivity contribution in [3.05, 3.63) is 0 Å². The van der Waals surface area contributed by atoms with Crippen molar-refractivity contribution in [3.63, 3.8) is 0 Å². The lowest BCUT2D eigenvalue weighted by Crippen LogP contribution is -2.45. The number of halogens is 1. The van der Waals surface area contributed by atoms with Gasteiger partial charge in [0.1, 0.15) is 0 Å². The van der Waals surface area contributed by atoms with Gasteiger partial charge in [0.2, 0.25) is 0 Å². The minimum Gasteiger partial charge on any atom is -0.375 e.